The summed E-state index contributed by atoms with van der Waals surface area (Å²) >= 11 is 22.8. The van der Waals surface area contributed by atoms with Crippen LogP contribution in [0.3, 0.4) is 0 Å². The van der Waals surface area contributed by atoms with Crippen molar-refractivity contribution in [1.29, 1.82) is 0 Å². The molecule has 0 unspecified atom stereocenters. The number of anilines is 8. The second-order valence-electron chi connectivity index (χ2n) is 29.5. The zero-order chi connectivity index (χ0) is 83.4. The molecule has 0 radical (unpaired) electrons. The molecule has 8 aliphatic rings. The SMILES string of the molecule is [C-]#[N+]c1ccc(N2C(=O)C3(CCC3)N(c3ccc(C(=O)NC)c(F)c3)C2=S)c(C)c1.[C-]#[N+]c1ccc(N2C(=O)C3(CCC3)N(c3ccc(C(=O)NC)c(F)c3)C2=S)c(C)c1.[C-]#[N+]c1ccc(N2C(=O)C3(CCC3)N(c3ccc(C(=O)NC)c(F)c3)C2=S)cc1C.[C-]#[N+]c1ccc(N2C(=O)C3(CCC3)N(c3ccc(C)cc3)C2=S)cc1C. The predicted octanol–water partition coefficient (Wildman–Crippen LogP) is 17.2. The Balaban J connectivity index is 0.000000135. The smallest absolute Gasteiger partial charge is 0.259 e. The maximum Gasteiger partial charge on any atom is 0.259 e. The minimum atomic E-state index is -0.844. The molecule has 4 aliphatic carbocycles. The van der Waals surface area contributed by atoms with E-state index in [9.17, 15) is 46.7 Å². The van der Waals surface area contributed by atoms with E-state index in [-0.39, 0.29) is 55.7 Å². The van der Waals surface area contributed by atoms with E-state index in [0.29, 0.717) is 101 Å². The Morgan fingerprint density at radius 3 is 0.871 bits per heavy atom. The number of nitrogens with zero attached hydrogens (tertiary/aromatic N) is 12. The Hall–Kier alpha value is -12.6. The van der Waals surface area contributed by atoms with Crippen LogP contribution in [0, 0.1) is 78.4 Å². The Morgan fingerprint density at radius 2 is 0.621 bits per heavy atom. The zero-order valence-corrected chi connectivity index (χ0v) is 67.7. The second kappa shape index (κ2) is 32.0. The first-order chi connectivity index (χ1) is 55.5. The standard InChI is InChI=1S/3C22H19FN4O2S.C21H19N3OS/c2*1-13-11-14(24-2)5-8-18(13)26-20(29)22(9-4-10-22)27(21(26)30)15-6-7-16(17(23)12-15)19(28)25-3;1-13-11-14(6-8-18(13)24-2)26-20(29)22(9-4-10-22)27(21(26)30)15-5-7-16(17(23)12-15)19(28)25-3;1-14-5-7-16(8-6-14)24-20(26)23(19(25)21(24)11-4-12-21)17-9-10-18(22-3)15(2)13-17/h3*5-8,11-12H,4,9-10H2,1,3H3,(H,25,28);5-10,13H,4,11-12H2,1-2H3. The van der Waals surface area contributed by atoms with Crippen LogP contribution in [0.5, 0.6) is 0 Å². The predicted molar refractivity (Wildman–Crippen MR) is 457 cm³/mol. The summed E-state index contributed by atoms with van der Waals surface area (Å²) in [6.45, 7) is 38.2. The molecule has 4 saturated carbocycles. The van der Waals surface area contributed by atoms with Crippen molar-refractivity contribution in [2.75, 3.05) is 60.3 Å². The molecule has 116 heavy (non-hydrogen) atoms. The molecule has 0 aromatic heterocycles. The number of rotatable bonds is 11. The van der Waals surface area contributed by atoms with Crippen molar-refractivity contribution >= 4 is 179 Å². The third-order valence-corrected chi connectivity index (χ3v) is 24.4. The molecule has 3 N–H and O–H groups in total. The molecule has 0 bridgehead atoms. The van der Waals surface area contributed by atoms with Crippen LogP contribution in [0.1, 0.15) is 136 Å². The molecule has 0 atom stereocenters. The van der Waals surface area contributed by atoms with Gasteiger partial charge in [-0.05, 0) is 286 Å². The van der Waals surface area contributed by atoms with E-state index >= 15 is 0 Å². The highest BCUT2D eigenvalue weighted by atomic mass is 32.1. The maximum absolute atomic E-state index is 14.6. The molecule has 4 aliphatic heterocycles. The van der Waals surface area contributed by atoms with E-state index in [2.05, 4.69) is 35.3 Å². The van der Waals surface area contributed by atoms with Crippen LogP contribution in [0.4, 0.5) is 81.4 Å². The molecule has 8 aromatic rings. The van der Waals surface area contributed by atoms with Gasteiger partial charge in [0.25, 0.3) is 41.4 Å². The van der Waals surface area contributed by atoms with Crippen LogP contribution in [-0.4, -0.2) is 105 Å². The summed E-state index contributed by atoms with van der Waals surface area (Å²) in [6, 6.07) is 41.7. The molecule has 8 aromatic carbocycles. The van der Waals surface area contributed by atoms with Gasteiger partial charge in [0.1, 0.15) is 39.6 Å². The summed E-state index contributed by atoms with van der Waals surface area (Å²) in [7, 11) is 4.31. The van der Waals surface area contributed by atoms with Crippen LogP contribution in [0.2, 0.25) is 0 Å². The number of nitrogens with one attached hydrogen (secondary N) is 3. The quantitative estimate of drug-likeness (QED) is 0.0815. The zero-order valence-electron chi connectivity index (χ0n) is 64.4. The van der Waals surface area contributed by atoms with E-state index < -0.39 is 57.3 Å². The number of carbonyl (C=O) groups excluding carboxylic acids is 7. The van der Waals surface area contributed by atoms with Gasteiger partial charge < -0.3 is 35.6 Å². The summed E-state index contributed by atoms with van der Waals surface area (Å²) in [4.78, 5) is 116. The van der Waals surface area contributed by atoms with Crippen molar-refractivity contribution in [3.8, 4) is 0 Å². The first kappa shape index (κ1) is 81.4. The minimum Gasteiger partial charge on any atom is -0.355 e. The lowest BCUT2D eigenvalue weighted by molar-refractivity contribution is -0.124. The number of benzene rings is 8. The number of hydrogen-bond acceptors (Lipinski definition) is 11. The van der Waals surface area contributed by atoms with Gasteiger partial charge in [0, 0.05) is 55.3 Å². The summed E-state index contributed by atoms with van der Waals surface area (Å²) in [5, 5.41) is 8.55. The van der Waals surface area contributed by atoms with Crippen molar-refractivity contribution in [2.45, 2.75) is 134 Å². The molecule has 4 heterocycles. The number of hydrogen-bond donors (Lipinski definition) is 3. The molecular weight excluding hydrogens is 1550 g/mol. The first-order valence-corrected chi connectivity index (χ1v) is 38.9. The van der Waals surface area contributed by atoms with Crippen LogP contribution < -0.4 is 55.1 Å². The molecule has 4 spiro atoms. The molecule has 16 rings (SSSR count). The summed E-state index contributed by atoms with van der Waals surface area (Å²) < 4.78 is 43.9. The maximum atomic E-state index is 14.6. The monoisotopic (exact) mass is 1630 g/mol. The van der Waals surface area contributed by atoms with Gasteiger partial charge >= 0.3 is 0 Å². The third-order valence-electron chi connectivity index (χ3n) is 22.9. The Bertz CT molecular complexity index is 5580. The molecular formula is C87H76F3N15O7S4. The van der Waals surface area contributed by atoms with E-state index in [4.69, 9.17) is 75.2 Å². The minimum absolute atomic E-state index is 0.0456. The Kier molecular flexibility index (Phi) is 22.4. The lowest BCUT2D eigenvalue weighted by Gasteiger charge is -2.43. The van der Waals surface area contributed by atoms with Crippen LogP contribution in [-0.2, 0) is 19.2 Å². The molecule has 4 saturated heterocycles. The lowest BCUT2D eigenvalue weighted by Crippen LogP contribution is -2.55. The lowest BCUT2D eigenvalue weighted by atomic mass is 9.75. The highest BCUT2D eigenvalue weighted by Gasteiger charge is 2.63. The Labute approximate surface area is 690 Å². The highest BCUT2D eigenvalue weighted by Crippen LogP contribution is 2.53. The van der Waals surface area contributed by atoms with E-state index in [0.717, 1.165) is 72.2 Å². The fraction of sp³-hybridized carbons (Fsp3) is 0.276. The normalized spacial score (nSPS) is 17.4. The highest BCUT2D eigenvalue weighted by molar-refractivity contribution is 7.81. The number of aryl methyl sites for hydroxylation is 5. The van der Waals surface area contributed by atoms with Gasteiger partial charge in [-0.15, -0.1) is 0 Å². The molecule has 8 fully saturated rings. The Morgan fingerprint density at radius 1 is 0.345 bits per heavy atom. The number of halogens is 3. The van der Waals surface area contributed by atoms with Crippen molar-refractivity contribution in [2.24, 2.45) is 0 Å². The first-order valence-electron chi connectivity index (χ1n) is 37.3. The van der Waals surface area contributed by atoms with Gasteiger partial charge in [-0.25, -0.2) is 32.6 Å². The van der Waals surface area contributed by atoms with E-state index in [1.165, 1.54) is 77.8 Å². The van der Waals surface area contributed by atoms with Gasteiger partial charge in [-0.3, -0.25) is 53.2 Å². The summed E-state index contributed by atoms with van der Waals surface area (Å²) in [5.41, 5.74) is 7.94. The molecule has 7 amide bonds. The van der Waals surface area contributed by atoms with E-state index in [1.807, 2.05) is 75.9 Å². The fourth-order valence-corrected chi connectivity index (χ4v) is 18.0. The van der Waals surface area contributed by atoms with Gasteiger partial charge in [0.05, 0.1) is 54.4 Å². The van der Waals surface area contributed by atoms with Crippen LogP contribution >= 0.6 is 48.9 Å². The molecule has 586 valence electrons. The van der Waals surface area contributed by atoms with Gasteiger partial charge in [-0.1, -0.05) is 54.1 Å². The van der Waals surface area contributed by atoms with E-state index in [1.54, 1.807) is 98.5 Å². The summed E-state index contributed by atoms with van der Waals surface area (Å²) in [6.07, 6.45) is 8.93. The second-order valence-corrected chi connectivity index (χ2v) is 30.9. The molecule has 22 nitrogen and oxygen atoms in total. The average molecular weight is 1630 g/mol. The third kappa shape index (κ3) is 13.6. The van der Waals surface area contributed by atoms with Crippen molar-refractivity contribution in [3.63, 3.8) is 0 Å². The number of thiocarbonyl (C=S) groups is 4. The van der Waals surface area contributed by atoms with Gasteiger partial charge in [0.2, 0.25) is 0 Å². The topological polar surface area (TPSA) is 199 Å². The van der Waals surface area contributed by atoms with Crippen molar-refractivity contribution < 1.29 is 46.7 Å². The molecule has 29 heteroatoms. The van der Waals surface area contributed by atoms with Crippen molar-refractivity contribution in [3.05, 3.63) is 259 Å². The van der Waals surface area contributed by atoms with Gasteiger partial charge in [-0.2, -0.15) is 0 Å². The van der Waals surface area contributed by atoms with Crippen LogP contribution in [0.15, 0.2) is 152 Å². The number of carbonyl (C=O) groups is 7. The van der Waals surface area contributed by atoms with Gasteiger partial charge in [0.15, 0.2) is 43.2 Å². The van der Waals surface area contributed by atoms with Crippen molar-refractivity contribution in [1.82, 2.24) is 16.0 Å². The summed E-state index contributed by atoms with van der Waals surface area (Å²) in [5.74, 6) is -3.97. The number of amides is 7. The largest absolute Gasteiger partial charge is 0.355 e. The van der Waals surface area contributed by atoms with Crippen LogP contribution in [0.25, 0.3) is 19.4 Å². The average Bonchev–Trinajstić information content (AvgIpc) is 1.58. The fourth-order valence-electron chi connectivity index (χ4n) is 16.1.